The van der Waals surface area contributed by atoms with Crippen LogP contribution in [0.2, 0.25) is 0 Å². The molecule has 0 aliphatic carbocycles. The summed E-state index contributed by atoms with van der Waals surface area (Å²) in [5.41, 5.74) is 3.02. The van der Waals surface area contributed by atoms with Crippen molar-refractivity contribution in [2.45, 2.75) is 25.2 Å². The lowest BCUT2D eigenvalue weighted by molar-refractivity contribution is -0.0272. The zero-order valence-electron chi connectivity index (χ0n) is 13.6. The molecule has 0 bridgehead atoms. The fourth-order valence-electron chi connectivity index (χ4n) is 3.82. The first-order valence-electron chi connectivity index (χ1n) is 8.40. The minimum atomic E-state index is -0.328. The van der Waals surface area contributed by atoms with Crippen molar-refractivity contribution in [3.05, 3.63) is 58.9 Å². The molecule has 1 aromatic carbocycles. The van der Waals surface area contributed by atoms with Crippen LogP contribution in [0.4, 0.5) is 4.79 Å². The molecular formula is C18H18N4O2S. The van der Waals surface area contributed by atoms with Crippen LogP contribution in [-0.4, -0.2) is 33.4 Å². The maximum atomic E-state index is 12.6. The number of rotatable bonds is 2. The SMILES string of the molecule is O=C(NCc1cn2ccsc2n1)N1CCC2(C1)OCc1ccccc12. The third-order valence-electron chi connectivity index (χ3n) is 5.10. The molecule has 0 saturated carbocycles. The maximum absolute atomic E-state index is 12.6. The van der Waals surface area contributed by atoms with Crippen LogP contribution in [-0.2, 0) is 23.5 Å². The van der Waals surface area contributed by atoms with E-state index in [1.807, 2.05) is 39.2 Å². The van der Waals surface area contributed by atoms with E-state index >= 15 is 0 Å². The van der Waals surface area contributed by atoms with Crippen molar-refractivity contribution in [2.24, 2.45) is 0 Å². The second kappa shape index (κ2) is 5.57. The van der Waals surface area contributed by atoms with Gasteiger partial charge >= 0.3 is 6.03 Å². The second-order valence-electron chi connectivity index (χ2n) is 6.60. The highest BCUT2D eigenvalue weighted by Gasteiger charge is 2.46. The number of likely N-dealkylation sites (tertiary alicyclic amines) is 1. The minimum absolute atomic E-state index is 0.0544. The van der Waals surface area contributed by atoms with Crippen LogP contribution in [0.25, 0.3) is 4.96 Å². The van der Waals surface area contributed by atoms with Crippen molar-refractivity contribution in [1.82, 2.24) is 19.6 Å². The molecule has 0 radical (unpaired) electrons. The Morgan fingerprint density at radius 1 is 1.40 bits per heavy atom. The topological polar surface area (TPSA) is 58.9 Å². The number of aromatic nitrogens is 2. The Labute approximate surface area is 149 Å². The molecular weight excluding hydrogens is 336 g/mol. The van der Waals surface area contributed by atoms with Crippen LogP contribution in [0.1, 0.15) is 23.2 Å². The Morgan fingerprint density at radius 3 is 3.24 bits per heavy atom. The van der Waals surface area contributed by atoms with Crippen molar-refractivity contribution in [1.29, 1.82) is 0 Å². The Bertz CT molecular complexity index is 921. The minimum Gasteiger partial charge on any atom is -0.364 e. The number of nitrogens with zero attached hydrogens (tertiary/aromatic N) is 3. The molecule has 4 heterocycles. The first kappa shape index (κ1) is 14.9. The van der Waals surface area contributed by atoms with E-state index < -0.39 is 0 Å². The van der Waals surface area contributed by atoms with E-state index in [1.165, 1.54) is 11.1 Å². The molecule has 1 fully saturated rings. The average Bonchev–Trinajstić information content (AvgIpc) is 3.38. The first-order valence-corrected chi connectivity index (χ1v) is 9.28. The van der Waals surface area contributed by atoms with E-state index in [4.69, 9.17) is 4.74 Å². The van der Waals surface area contributed by atoms with Crippen LogP contribution in [0.3, 0.4) is 0 Å². The molecule has 6 nitrogen and oxygen atoms in total. The van der Waals surface area contributed by atoms with Gasteiger partial charge in [-0.2, -0.15) is 0 Å². The third-order valence-corrected chi connectivity index (χ3v) is 5.87. The highest BCUT2D eigenvalue weighted by molar-refractivity contribution is 7.15. The molecule has 3 aromatic rings. The van der Waals surface area contributed by atoms with Gasteiger partial charge < -0.3 is 15.0 Å². The number of benzene rings is 1. The van der Waals surface area contributed by atoms with Crippen molar-refractivity contribution in [3.63, 3.8) is 0 Å². The van der Waals surface area contributed by atoms with Gasteiger partial charge in [0.2, 0.25) is 0 Å². The van der Waals surface area contributed by atoms with Crippen molar-refractivity contribution >= 4 is 22.3 Å². The molecule has 1 spiro atoms. The van der Waals surface area contributed by atoms with Gasteiger partial charge in [0.05, 0.1) is 25.4 Å². The Morgan fingerprint density at radius 2 is 2.32 bits per heavy atom. The summed E-state index contributed by atoms with van der Waals surface area (Å²) in [4.78, 5) is 19.8. The highest BCUT2D eigenvalue weighted by Crippen LogP contribution is 2.43. The van der Waals surface area contributed by atoms with Gasteiger partial charge in [-0.3, -0.25) is 4.40 Å². The molecule has 7 heteroatoms. The summed E-state index contributed by atoms with van der Waals surface area (Å²) >= 11 is 1.59. The number of hydrogen-bond donors (Lipinski definition) is 1. The van der Waals surface area contributed by atoms with Gasteiger partial charge in [-0.05, 0) is 11.1 Å². The van der Waals surface area contributed by atoms with Crippen molar-refractivity contribution in [3.8, 4) is 0 Å². The van der Waals surface area contributed by atoms with Crippen molar-refractivity contribution < 1.29 is 9.53 Å². The summed E-state index contributed by atoms with van der Waals surface area (Å²) < 4.78 is 8.08. The summed E-state index contributed by atoms with van der Waals surface area (Å²) in [6.07, 6.45) is 4.77. The van der Waals surface area contributed by atoms with Gasteiger partial charge in [-0.15, -0.1) is 11.3 Å². The fourth-order valence-corrected chi connectivity index (χ4v) is 4.54. The number of nitrogens with one attached hydrogen (secondary N) is 1. The van der Waals surface area contributed by atoms with Gasteiger partial charge in [-0.1, -0.05) is 24.3 Å². The molecule has 1 unspecified atom stereocenters. The van der Waals surface area contributed by atoms with Crippen LogP contribution >= 0.6 is 11.3 Å². The zero-order valence-corrected chi connectivity index (χ0v) is 14.5. The number of hydrogen-bond acceptors (Lipinski definition) is 4. The smallest absolute Gasteiger partial charge is 0.317 e. The highest BCUT2D eigenvalue weighted by atomic mass is 32.1. The van der Waals surface area contributed by atoms with Crippen LogP contribution in [0, 0.1) is 0 Å². The average molecular weight is 354 g/mol. The summed E-state index contributed by atoms with van der Waals surface area (Å²) in [6, 6.07) is 8.26. The number of imidazole rings is 1. The number of fused-ring (bicyclic) bond motifs is 3. The van der Waals surface area contributed by atoms with Gasteiger partial charge in [0, 0.05) is 30.7 Å². The number of amides is 2. The van der Waals surface area contributed by atoms with Crippen LogP contribution < -0.4 is 5.32 Å². The van der Waals surface area contributed by atoms with Crippen molar-refractivity contribution in [2.75, 3.05) is 13.1 Å². The number of ether oxygens (including phenoxy) is 1. The largest absolute Gasteiger partial charge is 0.364 e. The number of thiazole rings is 1. The molecule has 1 atom stereocenters. The Kier molecular flexibility index (Phi) is 3.33. The molecule has 128 valence electrons. The van der Waals surface area contributed by atoms with E-state index in [1.54, 1.807) is 11.3 Å². The molecule has 2 aliphatic heterocycles. The van der Waals surface area contributed by atoms with E-state index in [9.17, 15) is 4.79 Å². The lowest BCUT2D eigenvalue weighted by Crippen LogP contribution is -2.40. The van der Waals surface area contributed by atoms with E-state index in [-0.39, 0.29) is 11.6 Å². The van der Waals surface area contributed by atoms with E-state index in [2.05, 4.69) is 22.4 Å². The Balaban J connectivity index is 1.26. The lowest BCUT2D eigenvalue weighted by atomic mass is 9.92. The number of carbonyl (C=O) groups is 1. The molecule has 1 N–H and O–H groups in total. The molecule has 2 amide bonds. The number of urea groups is 1. The monoisotopic (exact) mass is 354 g/mol. The predicted octanol–water partition coefficient (Wildman–Crippen LogP) is 2.74. The fraction of sp³-hybridized carbons (Fsp3) is 0.333. The van der Waals surface area contributed by atoms with Crippen LogP contribution in [0.15, 0.2) is 42.0 Å². The Hall–Kier alpha value is -2.38. The second-order valence-corrected chi connectivity index (χ2v) is 7.47. The first-order chi connectivity index (χ1) is 12.2. The zero-order chi connectivity index (χ0) is 16.9. The van der Waals surface area contributed by atoms with E-state index in [0.717, 1.165) is 17.1 Å². The lowest BCUT2D eigenvalue weighted by Gasteiger charge is -2.24. The predicted molar refractivity (Wildman–Crippen MR) is 94.4 cm³/mol. The third kappa shape index (κ3) is 2.42. The van der Waals surface area contributed by atoms with Gasteiger partial charge in [0.15, 0.2) is 4.96 Å². The normalized spacial score (nSPS) is 22.0. The van der Waals surface area contributed by atoms with Gasteiger partial charge in [0.1, 0.15) is 5.60 Å². The summed E-state index contributed by atoms with van der Waals surface area (Å²) in [7, 11) is 0. The van der Waals surface area contributed by atoms with E-state index in [0.29, 0.717) is 26.2 Å². The number of carbonyl (C=O) groups excluding carboxylic acids is 1. The summed E-state index contributed by atoms with van der Waals surface area (Å²) in [5.74, 6) is 0. The maximum Gasteiger partial charge on any atom is 0.317 e. The summed E-state index contributed by atoms with van der Waals surface area (Å²) in [6.45, 7) is 2.39. The molecule has 1 saturated heterocycles. The van der Waals surface area contributed by atoms with Crippen LogP contribution in [0.5, 0.6) is 0 Å². The molecule has 2 aliphatic rings. The standard InChI is InChI=1S/C18H18N4O2S/c23-16(19-9-14-10-21-7-8-25-17(21)20-14)22-6-5-18(12-22)15-4-2-1-3-13(15)11-24-18/h1-4,7-8,10H,5-6,9,11-12H2,(H,19,23). The van der Waals surface area contributed by atoms with Gasteiger partial charge in [-0.25, -0.2) is 9.78 Å². The molecule has 5 rings (SSSR count). The van der Waals surface area contributed by atoms with Gasteiger partial charge in [0.25, 0.3) is 0 Å². The molecule has 2 aromatic heterocycles. The molecule has 25 heavy (non-hydrogen) atoms. The quantitative estimate of drug-likeness (QED) is 0.770. The summed E-state index contributed by atoms with van der Waals surface area (Å²) in [5, 5.41) is 4.98.